The Morgan fingerprint density at radius 1 is 0.810 bits per heavy atom. The molecular weight excluding hydrogens is 260 g/mol. The van der Waals surface area contributed by atoms with Gasteiger partial charge in [-0.05, 0) is 24.0 Å². The average Bonchev–Trinajstić information content (AvgIpc) is 3.02. The smallest absolute Gasteiger partial charge is 0.0355 e. The Labute approximate surface area is 128 Å². The predicted octanol–water partition coefficient (Wildman–Crippen LogP) is 0.758. The lowest BCUT2D eigenvalue weighted by Crippen LogP contribution is -2.44. The van der Waals surface area contributed by atoms with Crippen molar-refractivity contribution in [3.63, 3.8) is 0 Å². The summed E-state index contributed by atoms with van der Waals surface area (Å²) in [5, 5.41) is 9.86. The number of rotatable bonds is 1. The van der Waals surface area contributed by atoms with Gasteiger partial charge in [-0.15, -0.1) is 0 Å². The first kappa shape index (κ1) is 15.0. The second kappa shape index (κ2) is 7.90. The van der Waals surface area contributed by atoms with Crippen molar-refractivity contribution in [3.05, 3.63) is 35.4 Å². The molecular formula is C17H28N4. The highest BCUT2D eigenvalue weighted by Crippen LogP contribution is 2.35. The van der Waals surface area contributed by atoms with Crippen LogP contribution in [-0.2, 0) is 6.42 Å². The first-order valence-electron chi connectivity index (χ1n) is 8.39. The van der Waals surface area contributed by atoms with Gasteiger partial charge < -0.3 is 16.0 Å². The van der Waals surface area contributed by atoms with Gasteiger partial charge in [0, 0.05) is 58.4 Å². The van der Waals surface area contributed by atoms with Crippen LogP contribution < -0.4 is 16.0 Å². The molecule has 4 heteroatoms. The maximum Gasteiger partial charge on any atom is 0.0355 e. The Bertz CT molecular complexity index is 413. The molecule has 116 valence electrons. The normalized spacial score (nSPS) is 25.8. The van der Waals surface area contributed by atoms with Crippen molar-refractivity contribution in [2.45, 2.75) is 18.9 Å². The Hall–Kier alpha value is -0.940. The number of nitrogens with zero attached hydrogens (tertiary/aromatic N) is 1. The van der Waals surface area contributed by atoms with E-state index in [9.17, 15) is 0 Å². The molecule has 0 saturated carbocycles. The minimum Gasteiger partial charge on any atom is -0.314 e. The molecule has 2 heterocycles. The fourth-order valence-electron chi connectivity index (χ4n) is 3.51. The average molecular weight is 288 g/mol. The van der Waals surface area contributed by atoms with E-state index in [0.717, 1.165) is 39.3 Å². The van der Waals surface area contributed by atoms with E-state index in [4.69, 9.17) is 0 Å². The molecule has 2 saturated heterocycles. The highest BCUT2D eigenvalue weighted by molar-refractivity contribution is 5.34. The van der Waals surface area contributed by atoms with Crippen molar-refractivity contribution in [2.24, 2.45) is 0 Å². The number of piperazine rings is 2. The van der Waals surface area contributed by atoms with Crippen molar-refractivity contribution in [1.29, 1.82) is 0 Å². The van der Waals surface area contributed by atoms with Gasteiger partial charge in [0.15, 0.2) is 0 Å². The molecule has 4 rings (SSSR count). The summed E-state index contributed by atoms with van der Waals surface area (Å²) in [6, 6.07) is 9.65. The van der Waals surface area contributed by atoms with Crippen LogP contribution in [0, 0.1) is 0 Å². The lowest BCUT2D eigenvalue weighted by Gasteiger charge is -2.33. The first-order valence-corrected chi connectivity index (χ1v) is 8.39. The van der Waals surface area contributed by atoms with Crippen molar-refractivity contribution in [1.82, 2.24) is 20.9 Å². The molecule has 1 unspecified atom stereocenters. The molecule has 21 heavy (non-hydrogen) atoms. The second-order valence-corrected chi connectivity index (χ2v) is 6.04. The molecule has 1 aromatic carbocycles. The molecule has 4 nitrogen and oxygen atoms in total. The number of hydrogen-bond acceptors (Lipinski definition) is 4. The zero-order chi connectivity index (χ0) is 14.3. The van der Waals surface area contributed by atoms with Gasteiger partial charge >= 0.3 is 0 Å². The van der Waals surface area contributed by atoms with Crippen molar-refractivity contribution in [2.75, 3.05) is 52.4 Å². The van der Waals surface area contributed by atoms with E-state index in [1.165, 1.54) is 25.9 Å². The zero-order valence-electron chi connectivity index (χ0n) is 12.9. The molecule has 2 aliphatic heterocycles. The SMILES string of the molecule is C1CNCCN1.c1ccc2c(c1)CCC2N1CCNCC1. The van der Waals surface area contributed by atoms with E-state index >= 15 is 0 Å². The maximum absolute atomic E-state index is 3.42. The molecule has 3 aliphatic rings. The summed E-state index contributed by atoms with van der Waals surface area (Å²) in [6.45, 7) is 9.27. The molecule has 0 amide bonds. The van der Waals surface area contributed by atoms with Crippen LogP contribution >= 0.6 is 0 Å². The van der Waals surface area contributed by atoms with Crippen LogP contribution in [0.5, 0.6) is 0 Å². The zero-order valence-corrected chi connectivity index (χ0v) is 12.9. The molecule has 1 aliphatic carbocycles. The third-order valence-electron chi connectivity index (χ3n) is 4.65. The van der Waals surface area contributed by atoms with Gasteiger partial charge in [0.1, 0.15) is 0 Å². The summed E-state index contributed by atoms with van der Waals surface area (Å²) in [6.07, 6.45) is 2.59. The highest BCUT2D eigenvalue weighted by Gasteiger charge is 2.27. The summed E-state index contributed by atoms with van der Waals surface area (Å²) in [5.74, 6) is 0. The number of benzene rings is 1. The summed E-state index contributed by atoms with van der Waals surface area (Å²) in [4.78, 5) is 2.64. The maximum atomic E-state index is 3.42. The van der Waals surface area contributed by atoms with Crippen molar-refractivity contribution >= 4 is 0 Å². The van der Waals surface area contributed by atoms with Gasteiger partial charge in [0.05, 0.1) is 0 Å². The lowest BCUT2D eigenvalue weighted by molar-refractivity contribution is 0.173. The van der Waals surface area contributed by atoms with E-state index in [2.05, 4.69) is 45.1 Å². The monoisotopic (exact) mass is 288 g/mol. The van der Waals surface area contributed by atoms with Gasteiger partial charge in [0.25, 0.3) is 0 Å². The quantitative estimate of drug-likeness (QED) is 0.713. The van der Waals surface area contributed by atoms with Crippen LogP contribution in [0.25, 0.3) is 0 Å². The van der Waals surface area contributed by atoms with Gasteiger partial charge in [0.2, 0.25) is 0 Å². The van der Waals surface area contributed by atoms with Crippen LogP contribution in [0.3, 0.4) is 0 Å². The number of fused-ring (bicyclic) bond motifs is 1. The molecule has 0 aromatic heterocycles. The minimum atomic E-state index is 0.698. The molecule has 0 radical (unpaired) electrons. The number of nitrogens with one attached hydrogen (secondary N) is 3. The third kappa shape index (κ3) is 4.04. The lowest BCUT2D eigenvalue weighted by atomic mass is 10.1. The fourth-order valence-corrected chi connectivity index (χ4v) is 3.51. The number of hydrogen-bond donors (Lipinski definition) is 3. The van der Waals surface area contributed by atoms with E-state index in [1.807, 2.05) is 0 Å². The van der Waals surface area contributed by atoms with E-state index in [-0.39, 0.29) is 0 Å². The van der Waals surface area contributed by atoms with Gasteiger partial charge in [-0.25, -0.2) is 0 Å². The predicted molar refractivity (Wildman–Crippen MR) is 87.7 cm³/mol. The topological polar surface area (TPSA) is 39.3 Å². The van der Waals surface area contributed by atoms with E-state index < -0.39 is 0 Å². The second-order valence-electron chi connectivity index (χ2n) is 6.04. The molecule has 1 aromatic rings. The van der Waals surface area contributed by atoms with E-state index in [1.54, 1.807) is 11.1 Å². The van der Waals surface area contributed by atoms with Gasteiger partial charge in [-0.1, -0.05) is 24.3 Å². The fraction of sp³-hybridized carbons (Fsp3) is 0.647. The summed E-state index contributed by atoms with van der Waals surface area (Å²) >= 11 is 0. The van der Waals surface area contributed by atoms with E-state index in [0.29, 0.717) is 6.04 Å². The van der Waals surface area contributed by atoms with Gasteiger partial charge in [-0.2, -0.15) is 0 Å². The molecule has 3 N–H and O–H groups in total. The first-order chi connectivity index (χ1) is 10.4. The van der Waals surface area contributed by atoms with Crippen LogP contribution in [0.15, 0.2) is 24.3 Å². The third-order valence-corrected chi connectivity index (χ3v) is 4.65. The van der Waals surface area contributed by atoms with Crippen LogP contribution in [-0.4, -0.2) is 57.3 Å². The molecule has 1 atom stereocenters. The van der Waals surface area contributed by atoms with Crippen LogP contribution in [0.2, 0.25) is 0 Å². The highest BCUT2D eigenvalue weighted by atomic mass is 15.2. The van der Waals surface area contributed by atoms with Crippen molar-refractivity contribution in [3.8, 4) is 0 Å². The minimum absolute atomic E-state index is 0.698. The Morgan fingerprint density at radius 3 is 2.10 bits per heavy atom. The van der Waals surface area contributed by atoms with Crippen LogP contribution in [0.1, 0.15) is 23.6 Å². The van der Waals surface area contributed by atoms with Crippen molar-refractivity contribution < 1.29 is 0 Å². The Balaban J connectivity index is 0.000000186. The molecule has 0 bridgehead atoms. The Morgan fingerprint density at radius 2 is 1.43 bits per heavy atom. The summed E-state index contributed by atoms with van der Waals surface area (Å²) < 4.78 is 0. The number of aryl methyl sites for hydroxylation is 1. The van der Waals surface area contributed by atoms with Gasteiger partial charge in [-0.3, -0.25) is 4.90 Å². The molecule has 0 spiro atoms. The summed E-state index contributed by atoms with van der Waals surface area (Å²) in [5.41, 5.74) is 3.15. The molecule has 2 fully saturated rings. The Kier molecular flexibility index (Phi) is 5.63. The standard InChI is InChI=1S/C13H18N2.C4H10N2/c1-2-4-12-11(3-1)5-6-13(12)15-9-7-14-8-10-15;1-2-6-4-3-5-1/h1-4,13-14H,5-10H2;5-6H,1-4H2. The summed E-state index contributed by atoms with van der Waals surface area (Å²) in [7, 11) is 0. The van der Waals surface area contributed by atoms with Crippen LogP contribution in [0.4, 0.5) is 0 Å². The largest absolute Gasteiger partial charge is 0.314 e.